The minimum absolute atomic E-state index is 0.110. The van der Waals surface area contributed by atoms with Crippen LogP contribution in [-0.2, 0) is 4.79 Å². The van der Waals surface area contributed by atoms with E-state index in [1.54, 1.807) is 25.8 Å². The van der Waals surface area contributed by atoms with Crippen molar-refractivity contribution >= 4 is 5.91 Å². The lowest BCUT2D eigenvalue weighted by atomic mass is 9.94. The minimum atomic E-state index is -0.814. The van der Waals surface area contributed by atoms with Crippen molar-refractivity contribution in [1.82, 2.24) is 4.90 Å². The van der Waals surface area contributed by atoms with Crippen LogP contribution in [0.15, 0.2) is 0 Å². The second-order valence-corrected chi connectivity index (χ2v) is 5.49. The Bertz CT molecular complexity index is 206. The van der Waals surface area contributed by atoms with E-state index < -0.39 is 5.60 Å². The van der Waals surface area contributed by atoms with Crippen molar-refractivity contribution in [3.63, 3.8) is 0 Å². The van der Waals surface area contributed by atoms with Gasteiger partial charge < -0.3 is 10.0 Å². The molecule has 15 heavy (non-hydrogen) atoms. The zero-order chi connectivity index (χ0) is 12.2. The molecule has 0 aromatic heterocycles. The van der Waals surface area contributed by atoms with Crippen LogP contribution in [0.5, 0.6) is 0 Å². The molecule has 0 saturated heterocycles. The Hall–Kier alpha value is -0.570. The van der Waals surface area contributed by atoms with E-state index in [0.717, 1.165) is 0 Å². The molecule has 1 atom stereocenters. The largest absolute Gasteiger partial charge is 0.389 e. The number of carbonyl (C=O) groups excluding carboxylic acids is 1. The van der Waals surface area contributed by atoms with Crippen LogP contribution in [0.2, 0.25) is 0 Å². The van der Waals surface area contributed by atoms with Gasteiger partial charge in [0.25, 0.3) is 0 Å². The van der Waals surface area contributed by atoms with Crippen molar-refractivity contribution in [3.8, 4) is 0 Å². The monoisotopic (exact) mass is 215 g/mol. The molecule has 1 unspecified atom stereocenters. The van der Waals surface area contributed by atoms with Crippen molar-refractivity contribution in [2.45, 2.75) is 46.6 Å². The van der Waals surface area contributed by atoms with E-state index in [1.807, 2.05) is 0 Å². The summed E-state index contributed by atoms with van der Waals surface area (Å²) in [5.74, 6) is 1.02. The summed E-state index contributed by atoms with van der Waals surface area (Å²) in [4.78, 5) is 13.4. The van der Waals surface area contributed by atoms with Gasteiger partial charge in [-0.25, -0.2) is 0 Å². The smallest absolute Gasteiger partial charge is 0.222 e. The fourth-order valence-electron chi connectivity index (χ4n) is 1.34. The first kappa shape index (κ1) is 14.4. The van der Waals surface area contributed by atoms with E-state index in [0.29, 0.717) is 24.8 Å². The molecular formula is C12H25NO2. The van der Waals surface area contributed by atoms with Crippen molar-refractivity contribution in [2.75, 3.05) is 13.6 Å². The molecule has 0 aliphatic heterocycles. The van der Waals surface area contributed by atoms with Gasteiger partial charge in [-0.05, 0) is 25.7 Å². The number of hydrogen-bond acceptors (Lipinski definition) is 2. The second-order valence-electron chi connectivity index (χ2n) is 5.49. The average Bonchev–Trinajstić information content (AvgIpc) is 2.00. The van der Waals surface area contributed by atoms with E-state index in [9.17, 15) is 9.90 Å². The topological polar surface area (TPSA) is 40.5 Å². The van der Waals surface area contributed by atoms with E-state index in [-0.39, 0.29) is 5.91 Å². The predicted molar refractivity (Wildman–Crippen MR) is 62.6 cm³/mol. The van der Waals surface area contributed by atoms with E-state index in [1.165, 1.54) is 0 Å². The van der Waals surface area contributed by atoms with Crippen molar-refractivity contribution in [1.29, 1.82) is 0 Å². The Morgan fingerprint density at radius 3 is 2.13 bits per heavy atom. The molecule has 0 bridgehead atoms. The minimum Gasteiger partial charge on any atom is -0.389 e. The molecule has 0 spiro atoms. The molecule has 0 rings (SSSR count). The molecule has 0 aromatic carbocycles. The van der Waals surface area contributed by atoms with Gasteiger partial charge in [0.05, 0.1) is 5.60 Å². The summed E-state index contributed by atoms with van der Waals surface area (Å²) in [6.45, 7) is 10.1. The maximum atomic E-state index is 11.8. The molecule has 90 valence electrons. The quantitative estimate of drug-likeness (QED) is 0.761. The maximum Gasteiger partial charge on any atom is 0.222 e. The van der Waals surface area contributed by atoms with Crippen LogP contribution in [0.25, 0.3) is 0 Å². The van der Waals surface area contributed by atoms with Crippen molar-refractivity contribution in [2.24, 2.45) is 11.8 Å². The molecular weight excluding hydrogens is 190 g/mol. The van der Waals surface area contributed by atoms with E-state index in [4.69, 9.17) is 0 Å². The standard InChI is InChI=1S/C12H25NO2/c1-9(2)10(3)7-11(14)13(6)8-12(4,5)15/h9-10,15H,7-8H2,1-6H3. The van der Waals surface area contributed by atoms with Gasteiger partial charge in [-0.3, -0.25) is 4.79 Å². The zero-order valence-electron chi connectivity index (χ0n) is 10.9. The number of carbonyl (C=O) groups is 1. The number of aliphatic hydroxyl groups is 1. The summed E-state index contributed by atoms with van der Waals surface area (Å²) in [6, 6.07) is 0. The van der Waals surface area contributed by atoms with Crippen LogP contribution in [0.1, 0.15) is 41.0 Å². The van der Waals surface area contributed by atoms with Gasteiger partial charge in [0, 0.05) is 20.0 Å². The van der Waals surface area contributed by atoms with Crippen LogP contribution < -0.4 is 0 Å². The molecule has 0 saturated carbocycles. The third kappa shape index (κ3) is 6.50. The average molecular weight is 215 g/mol. The normalized spacial score (nSPS) is 14.1. The highest BCUT2D eigenvalue weighted by Gasteiger charge is 2.21. The van der Waals surface area contributed by atoms with Gasteiger partial charge in [-0.15, -0.1) is 0 Å². The van der Waals surface area contributed by atoms with Crippen LogP contribution in [0.3, 0.4) is 0 Å². The second kappa shape index (κ2) is 5.50. The van der Waals surface area contributed by atoms with E-state index >= 15 is 0 Å². The predicted octanol–water partition coefficient (Wildman–Crippen LogP) is 1.90. The zero-order valence-corrected chi connectivity index (χ0v) is 10.9. The molecule has 0 aliphatic rings. The lowest BCUT2D eigenvalue weighted by Gasteiger charge is -2.27. The summed E-state index contributed by atoms with van der Waals surface area (Å²) in [5, 5.41) is 9.59. The highest BCUT2D eigenvalue weighted by atomic mass is 16.3. The van der Waals surface area contributed by atoms with Gasteiger partial charge in [0.15, 0.2) is 0 Å². The van der Waals surface area contributed by atoms with Gasteiger partial charge in [-0.2, -0.15) is 0 Å². The first-order valence-corrected chi connectivity index (χ1v) is 5.60. The highest BCUT2D eigenvalue weighted by molar-refractivity contribution is 5.76. The number of hydrogen-bond donors (Lipinski definition) is 1. The summed E-state index contributed by atoms with van der Waals surface area (Å²) >= 11 is 0. The van der Waals surface area contributed by atoms with Gasteiger partial charge >= 0.3 is 0 Å². The first-order chi connectivity index (χ1) is 6.63. The number of amides is 1. The Morgan fingerprint density at radius 1 is 1.33 bits per heavy atom. The van der Waals surface area contributed by atoms with Gasteiger partial charge in [0.1, 0.15) is 0 Å². The molecule has 0 aliphatic carbocycles. The van der Waals surface area contributed by atoms with Crippen molar-refractivity contribution < 1.29 is 9.90 Å². The number of nitrogens with zero attached hydrogens (tertiary/aromatic N) is 1. The molecule has 0 heterocycles. The van der Waals surface area contributed by atoms with Crippen LogP contribution in [0, 0.1) is 11.8 Å². The summed E-state index contributed by atoms with van der Waals surface area (Å²) in [7, 11) is 1.74. The van der Waals surface area contributed by atoms with Crippen LogP contribution >= 0.6 is 0 Å². The highest BCUT2D eigenvalue weighted by Crippen LogP contribution is 2.15. The lowest BCUT2D eigenvalue weighted by molar-refractivity contribution is -0.133. The SMILES string of the molecule is CC(C)C(C)CC(=O)N(C)CC(C)(C)O. The van der Waals surface area contributed by atoms with E-state index in [2.05, 4.69) is 20.8 Å². The first-order valence-electron chi connectivity index (χ1n) is 5.60. The molecule has 0 radical (unpaired) electrons. The lowest BCUT2D eigenvalue weighted by Crippen LogP contribution is -2.40. The molecule has 1 amide bonds. The maximum absolute atomic E-state index is 11.8. The van der Waals surface area contributed by atoms with Gasteiger partial charge in [-0.1, -0.05) is 20.8 Å². The van der Waals surface area contributed by atoms with Crippen LogP contribution in [0.4, 0.5) is 0 Å². The number of rotatable bonds is 5. The fourth-order valence-corrected chi connectivity index (χ4v) is 1.34. The molecule has 3 nitrogen and oxygen atoms in total. The summed E-state index contributed by atoms with van der Waals surface area (Å²) in [5.41, 5.74) is -0.814. The molecule has 3 heteroatoms. The molecule has 1 N–H and O–H groups in total. The van der Waals surface area contributed by atoms with Crippen molar-refractivity contribution in [3.05, 3.63) is 0 Å². The Kier molecular flexibility index (Phi) is 5.29. The Morgan fingerprint density at radius 2 is 1.80 bits per heavy atom. The fraction of sp³-hybridized carbons (Fsp3) is 0.917. The molecule has 0 fully saturated rings. The summed E-state index contributed by atoms with van der Waals surface area (Å²) in [6.07, 6.45) is 0.560. The third-order valence-electron chi connectivity index (χ3n) is 2.68. The van der Waals surface area contributed by atoms with Crippen LogP contribution in [-0.4, -0.2) is 35.1 Å². The molecule has 0 aromatic rings. The van der Waals surface area contributed by atoms with Gasteiger partial charge in [0.2, 0.25) is 5.91 Å². The number of likely N-dealkylation sites (N-methyl/N-ethyl adjacent to an activating group) is 1. The Labute approximate surface area is 93.5 Å². The Balaban J connectivity index is 4.11. The summed E-state index contributed by atoms with van der Waals surface area (Å²) < 4.78 is 0. The third-order valence-corrected chi connectivity index (χ3v) is 2.68.